The number of aryl methyl sites for hydroxylation is 1. The van der Waals surface area contributed by atoms with E-state index in [1.54, 1.807) is 6.33 Å². The van der Waals surface area contributed by atoms with Crippen molar-refractivity contribution < 1.29 is 4.39 Å². The van der Waals surface area contributed by atoms with E-state index in [1.807, 2.05) is 26.1 Å². The molecule has 2 aliphatic heterocycles. The molecule has 2 bridgehead atoms. The van der Waals surface area contributed by atoms with Crippen molar-refractivity contribution in [3.63, 3.8) is 0 Å². The van der Waals surface area contributed by atoms with Crippen LogP contribution in [0.15, 0.2) is 36.7 Å². The van der Waals surface area contributed by atoms with Crippen molar-refractivity contribution in [2.45, 2.75) is 45.1 Å². The summed E-state index contributed by atoms with van der Waals surface area (Å²) < 4.78 is 13.6. The molecule has 6 rings (SSSR count). The number of rotatable bonds is 5. The number of hydrogen-bond donors (Lipinski definition) is 2. The smallest absolute Gasteiger partial charge is 0.226 e. The van der Waals surface area contributed by atoms with E-state index in [-0.39, 0.29) is 11.2 Å². The van der Waals surface area contributed by atoms with Crippen molar-refractivity contribution >= 4 is 29.1 Å². The van der Waals surface area contributed by atoms with Gasteiger partial charge in [0, 0.05) is 61.1 Å². The van der Waals surface area contributed by atoms with Crippen LogP contribution in [-0.4, -0.2) is 52.7 Å². The van der Waals surface area contributed by atoms with E-state index in [2.05, 4.69) is 50.3 Å². The van der Waals surface area contributed by atoms with Gasteiger partial charge < -0.3 is 20.4 Å². The molecule has 0 spiro atoms. The summed E-state index contributed by atoms with van der Waals surface area (Å²) in [6.45, 7) is 9.10. The maximum atomic E-state index is 13.6. The second-order valence-corrected chi connectivity index (χ2v) is 11.0. The van der Waals surface area contributed by atoms with Crippen LogP contribution in [0.2, 0.25) is 0 Å². The number of hydrogen-bond acceptors (Lipinski definition) is 8. The lowest BCUT2D eigenvalue weighted by atomic mass is 9.88. The molecule has 1 aliphatic carbocycles. The number of piperidine rings is 1. The maximum Gasteiger partial charge on any atom is 0.226 e. The Hall–Kier alpha value is -3.49. The lowest BCUT2D eigenvalue weighted by Crippen LogP contribution is -2.48. The molecule has 2 atom stereocenters. The van der Waals surface area contributed by atoms with Crippen LogP contribution in [0.25, 0.3) is 0 Å². The number of anilines is 5. The molecule has 188 valence electrons. The van der Waals surface area contributed by atoms with Crippen LogP contribution in [-0.2, 0) is 5.41 Å². The molecule has 1 saturated heterocycles. The van der Waals surface area contributed by atoms with Crippen molar-refractivity contribution in [3.8, 4) is 0 Å². The summed E-state index contributed by atoms with van der Waals surface area (Å²) in [6, 6.07) is 9.04. The van der Waals surface area contributed by atoms with Crippen LogP contribution in [0.1, 0.15) is 37.9 Å². The predicted molar refractivity (Wildman–Crippen MR) is 141 cm³/mol. The summed E-state index contributed by atoms with van der Waals surface area (Å²) in [6.07, 6.45) is 4.02. The van der Waals surface area contributed by atoms with E-state index in [0.717, 1.165) is 54.0 Å². The third kappa shape index (κ3) is 3.90. The number of fused-ring (bicyclic) bond motifs is 3. The second kappa shape index (κ2) is 8.57. The molecule has 0 radical (unpaired) electrons. The molecule has 1 saturated carbocycles. The lowest BCUT2D eigenvalue weighted by Gasteiger charge is -2.39. The van der Waals surface area contributed by atoms with Crippen LogP contribution >= 0.6 is 0 Å². The number of aromatic nitrogens is 4. The fraction of sp³-hybridized carbons (Fsp3) is 0.481. The van der Waals surface area contributed by atoms with Crippen LogP contribution in [0.5, 0.6) is 0 Å². The van der Waals surface area contributed by atoms with Crippen molar-refractivity contribution in [2.24, 2.45) is 11.8 Å². The average molecular weight is 489 g/mol. The van der Waals surface area contributed by atoms with Gasteiger partial charge in [-0.15, -0.1) is 0 Å². The van der Waals surface area contributed by atoms with E-state index in [0.29, 0.717) is 23.8 Å². The number of nitrogens with one attached hydrogen (secondary N) is 2. The third-order valence-electron chi connectivity index (χ3n) is 7.99. The Morgan fingerprint density at radius 2 is 1.75 bits per heavy atom. The Bertz CT molecular complexity index is 1260. The zero-order chi connectivity index (χ0) is 25.0. The van der Waals surface area contributed by atoms with E-state index < -0.39 is 0 Å². The fourth-order valence-corrected chi connectivity index (χ4v) is 6.30. The topological polar surface area (TPSA) is 82.1 Å². The lowest BCUT2D eigenvalue weighted by molar-refractivity contribution is 0.375. The first kappa shape index (κ1) is 22.9. The van der Waals surface area contributed by atoms with Crippen molar-refractivity contribution in [2.75, 3.05) is 47.1 Å². The number of nitrogens with zero attached hydrogens (tertiary/aromatic N) is 6. The molecule has 2 unspecified atom stereocenters. The predicted octanol–water partition coefficient (Wildman–Crippen LogP) is 4.51. The summed E-state index contributed by atoms with van der Waals surface area (Å²) in [5.41, 5.74) is 2.87. The number of halogens is 1. The summed E-state index contributed by atoms with van der Waals surface area (Å²) in [5.74, 6) is 4.15. The minimum Gasteiger partial charge on any atom is -0.373 e. The zero-order valence-electron chi connectivity index (χ0n) is 21.3. The molecule has 36 heavy (non-hydrogen) atoms. The van der Waals surface area contributed by atoms with Gasteiger partial charge in [-0.1, -0.05) is 13.8 Å². The molecule has 3 aliphatic rings. The van der Waals surface area contributed by atoms with E-state index in [4.69, 9.17) is 9.97 Å². The highest BCUT2D eigenvalue weighted by Crippen LogP contribution is 2.47. The highest BCUT2D eigenvalue weighted by atomic mass is 19.1. The third-order valence-corrected chi connectivity index (χ3v) is 7.99. The Labute approximate surface area is 211 Å². The first-order valence-electron chi connectivity index (χ1n) is 12.8. The SMILES string of the molecule is CNc1nc(NC2C3CCC2CN(c2cc(C)ncn2)C3)nc2c1C(C)(C)CN2c1ccc(F)cc1. The minimum atomic E-state index is -0.239. The van der Waals surface area contributed by atoms with E-state index in [1.165, 1.54) is 25.0 Å². The molecule has 0 amide bonds. The Morgan fingerprint density at radius 1 is 1.03 bits per heavy atom. The first-order valence-corrected chi connectivity index (χ1v) is 12.8. The van der Waals surface area contributed by atoms with E-state index >= 15 is 0 Å². The van der Waals surface area contributed by atoms with Gasteiger partial charge in [-0.3, -0.25) is 0 Å². The van der Waals surface area contributed by atoms with Gasteiger partial charge in [0.2, 0.25) is 5.95 Å². The highest BCUT2D eigenvalue weighted by molar-refractivity contribution is 5.75. The summed E-state index contributed by atoms with van der Waals surface area (Å²) in [7, 11) is 1.91. The standard InChI is InChI=1S/C27H33FN8/c1-16-11-21(31-15-30-16)35-12-17-5-6-18(13-35)23(17)32-26-33-24(29-4)22-25(34-26)36(14-27(22,2)3)20-9-7-19(28)8-10-20/h7-11,15,17-18,23H,5-6,12-14H2,1-4H3,(H2,29,32,33,34). The monoisotopic (exact) mass is 488 g/mol. The Kier molecular flexibility index (Phi) is 5.46. The van der Waals surface area contributed by atoms with Gasteiger partial charge in [0.15, 0.2) is 0 Å². The van der Waals surface area contributed by atoms with Gasteiger partial charge >= 0.3 is 0 Å². The zero-order valence-corrected chi connectivity index (χ0v) is 21.3. The minimum absolute atomic E-state index is 0.152. The van der Waals surface area contributed by atoms with Gasteiger partial charge in [-0.25, -0.2) is 14.4 Å². The van der Waals surface area contributed by atoms with Crippen LogP contribution in [0.3, 0.4) is 0 Å². The molecule has 4 heterocycles. The van der Waals surface area contributed by atoms with Crippen LogP contribution < -0.4 is 20.4 Å². The summed E-state index contributed by atoms with van der Waals surface area (Å²) >= 11 is 0. The molecule has 3 aromatic rings. The first-order chi connectivity index (χ1) is 17.3. The van der Waals surface area contributed by atoms with Crippen LogP contribution in [0, 0.1) is 24.6 Å². The van der Waals surface area contributed by atoms with Crippen molar-refractivity contribution in [3.05, 3.63) is 53.7 Å². The Morgan fingerprint density at radius 3 is 2.42 bits per heavy atom. The number of benzene rings is 1. The molecule has 2 fully saturated rings. The second-order valence-electron chi connectivity index (χ2n) is 11.0. The van der Waals surface area contributed by atoms with Gasteiger partial charge in [-0.05, 0) is 55.9 Å². The van der Waals surface area contributed by atoms with Crippen molar-refractivity contribution in [1.29, 1.82) is 0 Å². The van der Waals surface area contributed by atoms with Gasteiger partial charge in [-0.2, -0.15) is 9.97 Å². The maximum absolute atomic E-state index is 13.6. The fourth-order valence-electron chi connectivity index (χ4n) is 6.30. The van der Waals surface area contributed by atoms with Gasteiger partial charge in [0.1, 0.15) is 29.6 Å². The van der Waals surface area contributed by atoms with Gasteiger partial charge in [0.05, 0.1) is 0 Å². The molecule has 8 nitrogen and oxygen atoms in total. The molecule has 9 heteroatoms. The normalized spacial score (nSPS) is 24.1. The quantitative estimate of drug-likeness (QED) is 0.543. The Balaban J connectivity index is 1.29. The molecule has 2 aromatic heterocycles. The molecule has 2 N–H and O–H groups in total. The summed E-state index contributed by atoms with van der Waals surface area (Å²) in [4.78, 5) is 23.3. The van der Waals surface area contributed by atoms with Crippen LogP contribution in [0.4, 0.5) is 33.5 Å². The highest BCUT2D eigenvalue weighted by Gasteiger charge is 2.44. The average Bonchev–Trinajstić information content (AvgIpc) is 3.25. The molecular formula is C27H33FN8. The summed E-state index contributed by atoms with van der Waals surface area (Å²) in [5, 5.41) is 7.04. The largest absolute Gasteiger partial charge is 0.373 e. The molecular weight excluding hydrogens is 455 g/mol. The van der Waals surface area contributed by atoms with Crippen molar-refractivity contribution in [1.82, 2.24) is 19.9 Å². The van der Waals surface area contributed by atoms with E-state index in [9.17, 15) is 4.39 Å². The van der Waals surface area contributed by atoms with Gasteiger partial charge in [0.25, 0.3) is 0 Å². The molecule has 1 aromatic carbocycles.